The number of rotatable bonds is 5. The van der Waals surface area contributed by atoms with Crippen LogP contribution in [0.25, 0.3) is 11.0 Å². The third-order valence-electron chi connectivity index (χ3n) is 4.82. The fourth-order valence-corrected chi connectivity index (χ4v) is 3.60. The molecular formula is C20H30N4O2. The second-order valence-electron chi connectivity index (χ2n) is 8.26. The number of aromatic amines is 1. The molecule has 0 unspecified atom stereocenters. The molecule has 1 amide bonds. The van der Waals surface area contributed by atoms with Crippen molar-refractivity contribution in [3.8, 4) is 5.75 Å². The van der Waals surface area contributed by atoms with Crippen molar-refractivity contribution in [2.75, 3.05) is 26.7 Å². The molecule has 2 aromatic rings. The third-order valence-corrected chi connectivity index (χ3v) is 4.82. The Balaban J connectivity index is 1.52. The molecule has 3 rings (SSSR count). The van der Waals surface area contributed by atoms with E-state index in [1.54, 1.807) is 7.11 Å². The van der Waals surface area contributed by atoms with Crippen molar-refractivity contribution in [3.05, 3.63) is 24.0 Å². The van der Waals surface area contributed by atoms with Gasteiger partial charge in [-0.05, 0) is 64.8 Å². The number of ether oxygens (including phenoxy) is 1. The number of carbonyl (C=O) groups excluding carboxylic acids is 1. The highest BCUT2D eigenvalue weighted by Crippen LogP contribution is 2.26. The number of amides is 1. The summed E-state index contributed by atoms with van der Waals surface area (Å²) >= 11 is 0. The van der Waals surface area contributed by atoms with Crippen LogP contribution in [-0.4, -0.2) is 53.1 Å². The maximum absolute atomic E-state index is 12.1. The first-order valence-electron chi connectivity index (χ1n) is 9.39. The molecule has 26 heavy (non-hydrogen) atoms. The van der Waals surface area contributed by atoms with E-state index in [0.29, 0.717) is 12.5 Å². The number of likely N-dealkylation sites (tertiary alicyclic amines) is 1. The first-order valence-corrected chi connectivity index (χ1v) is 9.39. The number of aromatic nitrogens is 2. The minimum atomic E-state index is -0.169. The highest BCUT2D eigenvalue weighted by atomic mass is 16.5. The van der Waals surface area contributed by atoms with E-state index in [0.717, 1.165) is 55.0 Å². The highest BCUT2D eigenvalue weighted by Gasteiger charge is 2.23. The Morgan fingerprint density at radius 2 is 2.08 bits per heavy atom. The van der Waals surface area contributed by atoms with Crippen LogP contribution in [0.4, 0.5) is 0 Å². The van der Waals surface area contributed by atoms with Gasteiger partial charge in [0.05, 0.1) is 19.2 Å². The highest BCUT2D eigenvalue weighted by molar-refractivity contribution is 5.81. The lowest BCUT2D eigenvalue weighted by Crippen LogP contribution is -2.47. The van der Waals surface area contributed by atoms with Gasteiger partial charge in [0, 0.05) is 12.0 Å². The van der Waals surface area contributed by atoms with Crippen molar-refractivity contribution in [1.82, 2.24) is 20.2 Å². The van der Waals surface area contributed by atoms with Crippen LogP contribution in [0.3, 0.4) is 0 Å². The summed E-state index contributed by atoms with van der Waals surface area (Å²) < 4.78 is 5.39. The van der Waals surface area contributed by atoms with Crippen LogP contribution in [-0.2, 0) is 11.2 Å². The van der Waals surface area contributed by atoms with Gasteiger partial charge in [-0.25, -0.2) is 4.98 Å². The zero-order valence-electron chi connectivity index (χ0n) is 16.3. The van der Waals surface area contributed by atoms with E-state index in [4.69, 9.17) is 9.72 Å². The smallest absolute Gasteiger partial charge is 0.234 e. The standard InChI is InChI=1S/C20H30N4O2/c1-20(2,3)23-18(25)13-24-10-8-14(9-11-24)12-17-21-15-6-5-7-16(26-4)19(15)22-17/h5-7,14H,8-13H2,1-4H3,(H,21,22)(H,23,25). The van der Waals surface area contributed by atoms with Crippen LogP contribution in [0.5, 0.6) is 5.75 Å². The van der Waals surface area contributed by atoms with Crippen molar-refractivity contribution in [1.29, 1.82) is 0 Å². The summed E-state index contributed by atoms with van der Waals surface area (Å²) in [5, 5.41) is 3.04. The molecule has 0 aliphatic carbocycles. The molecule has 0 atom stereocenters. The predicted octanol–water partition coefficient (Wildman–Crippen LogP) is 2.74. The average molecular weight is 358 g/mol. The molecule has 6 nitrogen and oxygen atoms in total. The third kappa shape index (κ3) is 4.75. The minimum absolute atomic E-state index is 0.111. The number of nitrogens with one attached hydrogen (secondary N) is 2. The molecule has 1 fully saturated rings. The minimum Gasteiger partial charge on any atom is -0.494 e. The number of hydrogen-bond acceptors (Lipinski definition) is 4. The maximum atomic E-state index is 12.1. The Bertz CT molecular complexity index is 755. The number of nitrogens with zero attached hydrogens (tertiary/aromatic N) is 2. The van der Waals surface area contributed by atoms with Gasteiger partial charge in [-0.15, -0.1) is 0 Å². The number of benzene rings is 1. The molecule has 6 heteroatoms. The lowest BCUT2D eigenvalue weighted by atomic mass is 9.93. The summed E-state index contributed by atoms with van der Waals surface area (Å²) in [6.45, 7) is 8.46. The van der Waals surface area contributed by atoms with Crippen molar-refractivity contribution >= 4 is 16.9 Å². The molecule has 1 aromatic carbocycles. The molecule has 1 aromatic heterocycles. The SMILES string of the molecule is COc1cccc2[nH]c(CC3CCN(CC(=O)NC(C)(C)C)CC3)nc12. The van der Waals surface area contributed by atoms with E-state index in [-0.39, 0.29) is 11.4 Å². The van der Waals surface area contributed by atoms with Gasteiger partial charge in [-0.3, -0.25) is 9.69 Å². The van der Waals surface area contributed by atoms with Crippen LogP contribution in [0.15, 0.2) is 18.2 Å². The first-order chi connectivity index (χ1) is 12.3. The zero-order valence-corrected chi connectivity index (χ0v) is 16.3. The largest absolute Gasteiger partial charge is 0.494 e. The lowest BCUT2D eigenvalue weighted by Gasteiger charge is -2.32. The van der Waals surface area contributed by atoms with Crippen molar-refractivity contribution in [3.63, 3.8) is 0 Å². The van der Waals surface area contributed by atoms with Gasteiger partial charge in [0.1, 0.15) is 17.1 Å². The number of hydrogen-bond donors (Lipinski definition) is 2. The Morgan fingerprint density at radius 1 is 1.35 bits per heavy atom. The van der Waals surface area contributed by atoms with E-state index in [2.05, 4.69) is 15.2 Å². The van der Waals surface area contributed by atoms with E-state index < -0.39 is 0 Å². The first kappa shape index (κ1) is 18.7. The van der Waals surface area contributed by atoms with Crippen molar-refractivity contribution < 1.29 is 9.53 Å². The Morgan fingerprint density at radius 3 is 2.73 bits per heavy atom. The van der Waals surface area contributed by atoms with Crippen LogP contribution in [0, 0.1) is 5.92 Å². The molecule has 1 aliphatic rings. The van der Waals surface area contributed by atoms with Crippen LogP contribution < -0.4 is 10.1 Å². The van der Waals surface area contributed by atoms with E-state index in [1.807, 2.05) is 39.0 Å². The Hall–Kier alpha value is -2.08. The fraction of sp³-hybridized carbons (Fsp3) is 0.600. The van der Waals surface area contributed by atoms with Crippen molar-refractivity contribution in [2.24, 2.45) is 5.92 Å². The summed E-state index contributed by atoms with van der Waals surface area (Å²) in [5.41, 5.74) is 1.76. The lowest BCUT2D eigenvalue weighted by molar-refractivity contribution is -0.124. The molecule has 0 bridgehead atoms. The predicted molar refractivity (Wildman–Crippen MR) is 103 cm³/mol. The monoisotopic (exact) mass is 358 g/mol. The summed E-state index contributed by atoms with van der Waals surface area (Å²) in [6, 6.07) is 5.95. The van der Waals surface area contributed by atoms with Crippen LogP contribution >= 0.6 is 0 Å². The molecule has 142 valence electrons. The molecule has 0 spiro atoms. The van der Waals surface area contributed by atoms with Crippen LogP contribution in [0.2, 0.25) is 0 Å². The van der Waals surface area contributed by atoms with Gasteiger partial charge in [-0.2, -0.15) is 0 Å². The van der Waals surface area contributed by atoms with Gasteiger partial charge in [-0.1, -0.05) is 6.07 Å². The fourth-order valence-electron chi connectivity index (χ4n) is 3.60. The Labute approximate surface area is 155 Å². The normalized spacial score (nSPS) is 16.8. The van der Waals surface area contributed by atoms with Gasteiger partial charge < -0.3 is 15.0 Å². The molecule has 1 aliphatic heterocycles. The number of imidazole rings is 1. The quantitative estimate of drug-likeness (QED) is 0.862. The topological polar surface area (TPSA) is 70.2 Å². The molecule has 0 saturated carbocycles. The van der Waals surface area contributed by atoms with E-state index in [9.17, 15) is 4.79 Å². The van der Waals surface area contributed by atoms with E-state index >= 15 is 0 Å². The van der Waals surface area contributed by atoms with Gasteiger partial charge >= 0.3 is 0 Å². The maximum Gasteiger partial charge on any atom is 0.234 e. The second kappa shape index (κ2) is 7.66. The molecular weight excluding hydrogens is 328 g/mol. The number of carbonyl (C=O) groups is 1. The molecule has 2 heterocycles. The van der Waals surface area contributed by atoms with Gasteiger partial charge in [0.15, 0.2) is 0 Å². The molecule has 2 N–H and O–H groups in total. The van der Waals surface area contributed by atoms with Gasteiger partial charge in [0.25, 0.3) is 0 Å². The average Bonchev–Trinajstić information content (AvgIpc) is 2.97. The van der Waals surface area contributed by atoms with Gasteiger partial charge in [0.2, 0.25) is 5.91 Å². The summed E-state index contributed by atoms with van der Waals surface area (Å²) in [6.07, 6.45) is 3.13. The van der Waals surface area contributed by atoms with Crippen molar-refractivity contribution in [2.45, 2.75) is 45.6 Å². The van der Waals surface area contributed by atoms with E-state index in [1.165, 1.54) is 0 Å². The number of para-hydroxylation sites is 1. The zero-order chi connectivity index (χ0) is 18.7. The molecule has 0 radical (unpaired) electrons. The second-order valence-corrected chi connectivity index (χ2v) is 8.26. The van der Waals surface area contributed by atoms with Crippen LogP contribution in [0.1, 0.15) is 39.4 Å². The molecule has 1 saturated heterocycles. The summed E-state index contributed by atoms with van der Waals surface area (Å²) in [5.74, 6) is 2.54. The summed E-state index contributed by atoms with van der Waals surface area (Å²) in [4.78, 5) is 22.5. The number of fused-ring (bicyclic) bond motifs is 1. The number of H-pyrrole nitrogens is 1. The Kier molecular flexibility index (Phi) is 5.51. The number of piperidine rings is 1. The summed E-state index contributed by atoms with van der Waals surface area (Å²) in [7, 11) is 1.68. The number of methoxy groups -OCH3 is 1.